The average molecular weight is 218 g/mol. The van der Waals surface area contributed by atoms with Gasteiger partial charge in [-0.2, -0.15) is 0 Å². The van der Waals surface area contributed by atoms with Gasteiger partial charge in [0.25, 0.3) is 0 Å². The van der Waals surface area contributed by atoms with Gasteiger partial charge >= 0.3 is 0 Å². The molecule has 0 spiro atoms. The van der Waals surface area contributed by atoms with Crippen LogP contribution in [-0.4, -0.2) is 11.6 Å². The number of allylic oxidation sites excluding steroid dienone is 2. The number of carbonyl (C=O) groups excluding carboxylic acids is 2. The molecule has 3 rings (SSSR count). The lowest BCUT2D eigenvalue weighted by atomic mass is 9.63. The second kappa shape index (κ2) is 2.49. The van der Waals surface area contributed by atoms with Crippen LogP contribution in [0.25, 0.3) is 0 Å². The van der Waals surface area contributed by atoms with E-state index in [1.54, 1.807) is 6.08 Å². The lowest BCUT2D eigenvalue weighted by Crippen LogP contribution is -2.37. The Morgan fingerprint density at radius 1 is 1.25 bits per heavy atom. The topological polar surface area (TPSA) is 34.1 Å². The number of fused-ring (bicyclic) bond motifs is 3. The third-order valence-electron chi connectivity index (χ3n) is 5.44. The molecule has 86 valence electrons. The molecule has 0 aromatic rings. The Morgan fingerprint density at radius 2 is 1.88 bits per heavy atom. The van der Waals surface area contributed by atoms with Crippen LogP contribution in [0.2, 0.25) is 0 Å². The normalized spacial score (nSPS) is 48.5. The molecule has 0 bridgehead atoms. The van der Waals surface area contributed by atoms with Crippen LogP contribution in [-0.2, 0) is 9.59 Å². The maximum absolute atomic E-state index is 12.3. The van der Waals surface area contributed by atoms with Crippen LogP contribution in [0.1, 0.15) is 34.1 Å². The van der Waals surface area contributed by atoms with E-state index in [4.69, 9.17) is 0 Å². The Balaban J connectivity index is 2.16. The van der Waals surface area contributed by atoms with Crippen molar-refractivity contribution in [2.24, 2.45) is 28.6 Å². The van der Waals surface area contributed by atoms with E-state index in [9.17, 15) is 9.59 Å². The summed E-state index contributed by atoms with van der Waals surface area (Å²) in [6, 6.07) is 0. The SMILES string of the molecule is C[C@@H]1CC(=O)C=C2C(=O)[C@H]3[C@H](C3(C)C)[C@]21C. The van der Waals surface area contributed by atoms with Gasteiger partial charge in [0.05, 0.1) is 0 Å². The first-order valence-corrected chi connectivity index (χ1v) is 6.10. The van der Waals surface area contributed by atoms with Gasteiger partial charge in [-0.1, -0.05) is 27.7 Å². The smallest absolute Gasteiger partial charge is 0.163 e. The molecule has 0 aromatic carbocycles. The molecule has 0 saturated heterocycles. The van der Waals surface area contributed by atoms with Gasteiger partial charge in [-0.25, -0.2) is 0 Å². The lowest BCUT2D eigenvalue weighted by Gasteiger charge is -2.39. The predicted molar refractivity (Wildman–Crippen MR) is 60.7 cm³/mol. The second-order valence-electron chi connectivity index (χ2n) is 6.55. The highest BCUT2D eigenvalue weighted by molar-refractivity contribution is 6.10. The summed E-state index contributed by atoms with van der Waals surface area (Å²) in [6.07, 6.45) is 2.23. The molecule has 3 aliphatic carbocycles. The van der Waals surface area contributed by atoms with Crippen LogP contribution >= 0.6 is 0 Å². The van der Waals surface area contributed by atoms with Gasteiger partial charge in [0.15, 0.2) is 11.6 Å². The molecule has 3 aliphatic rings. The zero-order valence-electron chi connectivity index (χ0n) is 10.3. The zero-order valence-corrected chi connectivity index (χ0v) is 10.3. The Bertz CT molecular complexity index is 444. The Morgan fingerprint density at radius 3 is 2.50 bits per heavy atom. The standard InChI is InChI=1S/C14H18O2/c1-7-5-8(15)6-9-11(16)10-12(13(10,2)3)14(7,9)4/h6-7,10,12H,5H2,1-4H3/t7-,10+,12-,14+/m1/s1. The van der Waals surface area contributed by atoms with Crippen molar-refractivity contribution in [2.45, 2.75) is 34.1 Å². The van der Waals surface area contributed by atoms with Crippen molar-refractivity contribution in [1.29, 1.82) is 0 Å². The molecule has 2 heteroatoms. The number of Topliss-reactive ketones (excluding diaryl/α,β-unsaturated/α-hetero) is 1. The predicted octanol–water partition coefficient (Wildman–Crippen LogP) is 2.38. The van der Waals surface area contributed by atoms with Gasteiger partial charge < -0.3 is 0 Å². The van der Waals surface area contributed by atoms with E-state index in [1.165, 1.54) is 0 Å². The minimum atomic E-state index is -0.0425. The first-order valence-electron chi connectivity index (χ1n) is 6.10. The summed E-state index contributed by atoms with van der Waals surface area (Å²) < 4.78 is 0. The number of hydrogen-bond acceptors (Lipinski definition) is 2. The minimum absolute atomic E-state index is 0.0425. The van der Waals surface area contributed by atoms with Crippen LogP contribution in [0.3, 0.4) is 0 Å². The molecular weight excluding hydrogens is 200 g/mol. The van der Waals surface area contributed by atoms with Gasteiger partial charge in [0.1, 0.15) is 0 Å². The highest BCUT2D eigenvalue weighted by Crippen LogP contribution is 2.76. The highest BCUT2D eigenvalue weighted by atomic mass is 16.1. The molecule has 0 N–H and O–H groups in total. The summed E-state index contributed by atoms with van der Waals surface area (Å²) in [4.78, 5) is 23.8. The molecule has 0 amide bonds. The molecule has 2 saturated carbocycles. The van der Waals surface area contributed by atoms with Crippen molar-refractivity contribution < 1.29 is 9.59 Å². The molecular formula is C14H18O2. The number of carbonyl (C=O) groups is 2. The Hall–Kier alpha value is -0.920. The Labute approximate surface area is 96.1 Å². The third-order valence-corrected chi connectivity index (χ3v) is 5.44. The number of rotatable bonds is 0. The van der Waals surface area contributed by atoms with Gasteiger partial charge in [0.2, 0.25) is 0 Å². The summed E-state index contributed by atoms with van der Waals surface area (Å²) in [5.41, 5.74) is 0.933. The van der Waals surface area contributed by atoms with Gasteiger partial charge in [-0.05, 0) is 23.3 Å². The van der Waals surface area contributed by atoms with E-state index in [0.29, 0.717) is 18.3 Å². The molecule has 16 heavy (non-hydrogen) atoms. The minimum Gasteiger partial charge on any atom is -0.295 e. The van der Waals surface area contributed by atoms with Crippen molar-refractivity contribution in [3.8, 4) is 0 Å². The van der Waals surface area contributed by atoms with Gasteiger partial charge in [0, 0.05) is 23.3 Å². The molecule has 0 radical (unpaired) electrons. The molecule has 0 heterocycles. The quantitative estimate of drug-likeness (QED) is 0.625. The summed E-state index contributed by atoms with van der Waals surface area (Å²) in [5.74, 6) is 1.32. The molecule has 0 aromatic heterocycles. The van der Waals surface area contributed by atoms with Crippen molar-refractivity contribution >= 4 is 11.6 Å². The van der Waals surface area contributed by atoms with Crippen molar-refractivity contribution in [3.05, 3.63) is 11.6 Å². The lowest BCUT2D eigenvalue weighted by molar-refractivity contribution is -0.120. The first kappa shape index (κ1) is 10.2. The average Bonchev–Trinajstić information content (AvgIpc) is 2.64. The monoisotopic (exact) mass is 218 g/mol. The maximum Gasteiger partial charge on any atom is 0.163 e. The molecule has 2 nitrogen and oxygen atoms in total. The van der Waals surface area contributed by atoms with Crippen LogP contribution in [0.4, 0.5) is 0 Å². The molecule has 0 aliphatic heterocycles. The number of ketones is 2. The van der Waals surface area contributed by atoms with E-state index < -0.39 is 0 Å². The first-order chi connectivity index (χ1) is 7.31. The van der Waals surface area contributed by atoms with E-state index in [-0.39, 0.29) is 28.3 Å². The van der Waals surface area contributed by atoms with Crippen molar-refractivity contribution in [3.63, 3.8) is 0 Å². The molecule has 4 atom stereocenters. The van der Waals surface area contributed by atoms with Crippen molar-refractivity contribution in [1.82, 2.24) is 0 Å². The van der Waals surface area contributed by atoms with Crippen LogP contribution in [0.5, 0.6) is 0 Å². The van der Waals surface area contributed by atoms with E-state index >= 15 is 0 Å². The van der Waals surface area contributed by atoms with E-state index in [2.05, 4.69) is 27.7 Å². The van der Waals surface area contributed by atoms with E-state index in [0.717, 1.165) is 5.57 Å². The second-order valence-corrected chi connectivity index (χ2v) is 6.55. The zero-order chi connectivity index (χ0) is 11.9. The third kappa shape index (κ3) is 0.861. The van der Waals surface area contributed by atoms with Gasteiger partial charge in [-0.3, -0.25) is 9.59 Å². The Kier molecular flexibility index (Phi) is 1.60. The van der Waals surface area contributed by atoms with Crippen LogP contribution in [0, 0.1) is 28.6 Å². The van der Waals surface area contributed by atoms with Crippen molar-refractivity contribution in [2.75, 3.05) is 0 Å². The van der Waals surface area contributed by atoms with E-state index in [1.807, 2.05) is 0 Å². The van der Waals surface area contributed by atoms with Crippen LogP contribution in [0.15, 0.2) is 11.6 Å². The summed E-state index contributed by atoms with van der Waals surface area (Å²) >= 11 is 0. The fourth-order valence-corrected chi connectivity index (χ4v) is 4.38. The summed E-state index contributed by atoms with van der Waals surface area (Å²) in [5, 5.41) is 0. The molecule has 2 fully saturated rings. The highest BCUT2D eigenvalue weighted by Gasteiger charge is 2.76. The maximum atomic E-state index is 12.3. The van der Waals surface area contributed by atoms with Crippen LogP contribution < -0.4 is 0 Å². The fraction of sp³-hybridized carbons (Fsp3) is 0.714. The largest absolute Gasteiger partial charge is 0.295 e. The summed E-state index contributed by atoms with van der Waals surface area (Å²) in [6.45, 7) is 8.68. The number of hydrogen-bond donors (Lipinski definition) is 0. The fourth-order valence-electron chi connectivity index (χ4n) is 4.38. The summed E-state index contributed by atoms with van der Waals surface area (Å²) in [7, 11) is 0. The van der Waals surface area contributed by atoms with Gasteiger partial charge in [-0.15, -0.1) is 0 Å². The molecule has 0 unspecified atom stereocenters.